The monoisotopic (exact) mass is 511 g/mol. The third kappa shape index (κ3) is 3.68. The second kappa shape index (κ2) is 7.49. The molecule has 146 valence electrons. The fourth-order valence-corrected chi connectivity index (χ4v) is 5.59. The number of carbonyl (C=O) groups is 1. The highest BCUT2D eigenvalue weighted by Crippen LogP contribution is 2.49. The minimum absolute atomic E-state index is 0.0909. The van der Waals surface area contributed by atoms with Gasteiger partial charge in [0.05, 0.1) is 4.90 Å². The van der Waals surface area contributed by atoms with E-state index in [1.54, 1.807) is 30.3 Å². The number of sulfonamides is 1. The van der Waals surface area contributed by atoms with Crippen LogP contribution < -0.4 is 9.46 Å². The van der Waals surface area contributed by atoms with Crippen molar-refractivity contribution in [2.24, 2.45) is 0 Å². The number of carboxylic acid groups (broad SMARTS) is 1. The van der Waals surface area contributed by atoms with Crippen LogP contribution in [-0.4, -0.2) is 31.6 Å². The van der Waals surface area contributed by atoms with Crippen LogP contribution >= 0.6 is 22.6 Å². The number of ether oxygens (including phenoxy) is 1. The van der Waals surface area contributed by atoms with Crippen molar-refractivity contribution in [1.82, 2.24) is 4.72 Å². The summed E-state index contributed by atoms with van der Waals surface area (Å²) in [6.07, 6.45) is 3.89. The van der Waals surface area contributed by atoms with Gasteiger partial charge in [-0.05, 0) is 65.8 Å². The van der Waals surface area contributed by atoms with E-state index in [9.17, 15) is 13.2 Å². The average Bonchev–Trinajstić information content (AvgIpc) is 3.20. The Kier molecular flexibility index (Phi) is 5.19. The number of aliphatic carboxylic acids is 1. The zero-order valence-electron chi connectivity index (χ0n) is 14.7. The van der Waals surface area contributed by atoms with Gasteiger partial charge < -0.3 is 9.84 Å². The first-order valence-electron chi connectivity index (χ1n) is 8.83. The molecular formula is C20H18INO5S. The Morgan fingerprint density at radius 2 is 1.93 bits per heavy atom. The lowest BCUT2D eigenvalue weighted by atomic mass is 9.93. The number of carboxylic acids is 1. The van der Waals surface area contributed by atoms with Gasteiger partial charge in [0.25, 0.3) is 0 Å². The van der Waals surface area contributed by atoms with Gasteiger partial charge in [0, 0.05) is 32.7 Å². The number of hydrogen-bond donors (Lipinski definition) is 2. The van der Waals surface area contributed by atoms with Gasteiger partial charge in [-0.1, -0.05) is 18.2 Å². The smallest absolute Gasteiger partial charge is 0.328 e. The minimum Gasteiger partial charge on any atom is -0.489 e. The highest BCUT2D eigenvalue weighted by Gasteiger charge is 2.46. The molecule has 0 saturated heterocycles. The second-order valence-electron chi connectivity index (χ2n) is 6.88. The summed E-state index contributed by atoms with van der Waals surface area (Å²) in [5.41, 5.74) is 1.61. The standard InChI is InChI=1S/C20H18INO5S/c21-13-5-7-14(8-6-13)28(25,26)22-16-9-10-17-19(16)15-3-1-2-12(20(15)27-17)4-11-18(23)24/h1-8,11,16-17,19,22H,9-10H2,(H,23,24)/b11-4+. The van der Waals surface area contributed by atoms with E-state index < -0.39 is 16.0 Å². The zero-order chi connectivity index (χ0) is 19.9. The van der Waals surface area contributed by atoms with E-state index in [0.717, 1.165) is 21.6 Å². The number of halogens is 1. The average molecular weight is 511 g/mol. The van der Waals surface area contributed by atoms with Crippen molar-refractivity contribution in [3.05, 3.63) is 63.2 Å². The lowest BCUT2D eigenvalue weighted by Gasteiger charge is -2.19. The van der Waals surface area contributed by atoms with Crippen LogP contribution in [0.3, 0.4) is 0 Å². The molecule has 3 unspecified atom stereocenters. The molecule has 2 aromatic carbocycles. The third-order valence-corrected chi connectivity index (χ3v) is 7.36. The van der Waals surface area contributed by atoms with Crippen LogP contribution in [0.1, 0.15) is 29.9 Å². The van der Waals surface area contributed by atoms with Gasteiger partial charge in [-0.2, -0.15) is 0 Å². The molecule has 3 atom stereocenters. The molecule has 0 radical (unpaired) electrons. The Hall–Kier alpha value is -1.91. The molecule has 2 N–H and O–H groups in total. The summed E-state index contributed by atoms with van der Waals surface area (Å²) in [5.74, 6) is -0.473. The number of para-hydroxylation sites is 1. The Morgan fingerprint density at radius 3 is 2.64 bits per heavy atom. The fourth-order valence-electron chi connectivity index (χ4n) is 3.94. The predicted octanol–water partition coefficient (Wildman–Crippen LogP) is 3.37. The Labute approximate surface area is 176 Å². The van der Waals surface area contributed by atoms with Crippen molar-refractivity contribution >= 4 is 44.7 Å². The SMILES string of the molecule is O=C(O)/C=C/c1cccc2c1OC1CCC(NS(=O)(=O)c3ccc(I)cc3)C21. The molecular weight excluding hydrogens is 493 g/mol. The number of benzene rings is 2. The maximum Gasteiger partial charge on any atom is 0.328 e. The summed E-state index contributed by atoms with van der Waals surface area (Å²) in [4.78, 5) is 11.1. The third-order valence-electron chi connectivity index (χ3n) is 5.14. The van der Waals surface area contributed by atoms with Crippen molar-refractivity contribution in [2.75, 3.05) is 0 Å². The van der Waals surface area contributed by atoms with Crippen LogP contribution in [0.2, 0.25) is 0 Å². The quantitative estimate of drug-likeness (QED) is 0.475. The normalized spacial score (nSPS) is 23.4. The van der Waals surface area contributed by atoms with Gasteiger partial charge in [-0.15, -0.1) is 0 Å². The minimum atomic E-state index is -3.63. The summed E-state index contributed by atoms with van der Waals surface area (Å²) in [5, 5.41) is 8.87. The van der Waals surface area contributed by atoms with Gasteiger partial charge in [0.15, 0.2) is 0 Å². The number of nitrogens with one attached hydrogen (secondary N) is 1. The molecule has 0 amide bonds. The number of fused-ring (bicyclic) bond motifs is 3. The van der Waals surface area contributed by atoms with E-state index in [4.69, 9.17) is 9.84 Å². The van der Waals surface area contributed by atoms with E-state index in [-0.39, 0.29) is 23.0 Å². The Morgan fingerprint density at radius 1 is 1.18 bits per heavy atom. The van der Waals surface area contributed by atoms with E-state index in [2.05, 4.69) is 27.3 Å². The first-order chi connectivity index (χ1) is 13.3. The van der Waals surface area contributed by atoms with Crippen LogP contribution in [0.5, 0.6) is 5.75 Å². The van der Waals surface area contributed by atoms with Gasteiger partial charge in [-0.3, -0.25) is 0 Å². The first kappa shape index (κ1) is 19.4. The maximum absolute atomic E-state index is 12.8. The van der Waals surface area contributed by atoms with Crippen molar-refractivity contribution in [2.45, 2.75) is 35.8 Å². The topological polar surface area (TPSA) is 92.7 Å². The van der Waals surface area contributed by atoms with Gasteiger partial charge in [0.2, 0.25) is 10.0 Å². The summed E-state index contributed by atoms with van der Waals surface area (Å²) < 4.78 is 35.5. The molecule has 2 aromatic rings. The van der Waals surface area contributed by atoms with Crippen molar-refractivity contribution in [3.8, 4) is 5.75 Å². The number of hydrogen-bond acceptors (Lipinski definition) is 4. The second-order valence-corrected chi connectivity index (χ2v) is 9.84. The van der Waals surface area contributed by atoms with Crippen molar-refractivity contribution < 1.29 is 23.1 Å². The largest absolute Gasteiger partial charge is 0.489 e. The molecule has 1 saturated carbocycles. The zero-order valence-corrected chi connectivity index (χ0v) is 17.7. The molecule has 2 aliphatic rings. The molecule has 0 bridgehead atoms. The summed E-state index contributed by atoms with van der Waals surface area (Å²) >= 11 is 2.14. The fraction of sp³-hybridized carbons (Fsp3) is 0.250. The highest BCUT2D eigenvalue weighted by molar-refractivity contribution is 14.1. The van der Waals surface area contributed by atoms with Crippen molar-refractivity contribution in [1.29, 1.82) is 0 Å². The lowest BCUT2D eigenvalue weighted by molar-refractivity contribution is -0.131. The summed E-state index contributed by atoms with van der Waals surface area (Å²) in [6.45, 7) is 0. The molecule has 0 spiro atoms. The van der Waals surface area contributed by atoms with E-state index in [0.29, 0.717) is 17.7 Å². The molecule has 1 aliphatic heterocycles. The molecule has 6 nitrogen and oxygen atoms in total. The number of rotatable bonds is 5. The first-order valence-corrected chi connectivity index (χ1v) is 11.4. The highest BCUT2D eigenvalue weighted by atomic mass is 127. The van der Waals surface area contributed by atoms with Crippen LogP contribution in [0, 0.1) is 3.57 Å². The summed E-state index contributed by atoms with van der Waals surface area (Å²) in [6, 6.07) is 12.0. The molecule has 4 rings (SSSR count). The Bertz CT molecular complexity index is 1050. The van der Waals surface area contributed by atoms with Crippen LogP contribution in [0.15, 0.2) is 53.4 Å². The Balaban J connectivity index is 1.62. The van der Waals surface area contributed by atoms with Crippen LogP contribution in [0.25, 0.3) is 6.08 Å². The maximum atomic E-state index is 12.8. The van der Waals surface area contributed by atoms with E-state index in [1.807, 2.05) is 12.1 Å². The molecule has 1 aliphatic carbocycles. The van der Waals surface area contributed by atoms with E-state index >= 15 is 0 Å². The molecule has 1 fully saturated rings. The van der Waals surface area contributed by atoms with E-state index in [1.165, 1.54) is 6.08 Å². The molecule has 1 heterocycles. The molecule has 28 heavy (non-hydrogen) atoms. The van der Waals surface area contributed by atoms with Gasteiger partial charge in [-0.25, -0.2) is 17.9 Å². The van der Waals surface area contributed by atoms with Crippen molar-refractivity contribution in [3.63, 3.8) is 0 Å². The molecule has 0 aromatic heterocycles. The van der Waals surface area contributed by atoms with Crippen LogP contribution in [0.4, 0.5) is 0 Å². The lowest BCUT2D eigenvalue weighted by Crippen LogP contribution is -2.37. The summed E-state index contributed by atoms with van der Waals surface area (Å²) in [7, 11) is -3.63. The molecule has 8 heteroatoms. The van der Waals surface area contributed by atoms with Gasteiger partial charge >= 0.3 is 5.97 Å². The van der Waals surface area contributed by atoms with Crippen LogP contribution in [-0.2, 0) is 14.8 Å². The van der Waals surface area contributed by atoms with Gasteiger partial charge in [0.1, 0.15) is 11.9 Å². The predicted molar refractivity (Wildman–Crippen MR) is 113 cm³/mol.